The van der Waals surface area contributed by atoms with Crippen LogP contribution < -0.4 is 5.73 Å². The molecule has 3 N–H and O–H groups in total. The van der Waals surface area contributed by atoms with Gasteiger partial charge in [-0.3, -0.25) is 4.98 Å². The second-order valence-corrected chi connectivity index (χ2v) is 4.98. The number of phenolic OH excluding ortho intramolecular Hbond substituents is 1. The summed E-state index contributed by atoms with van der Waals surface area (Å²) in [7, 11) is 0. The summed E-state index contributed by atoms with van der Waals surface area (Å²) >= 11 is 0. The van der Waals surface area contributed by atoms with E-state index in [0.717, 1.165) is 23.2 Å². The second-order valence-electron chi connectivity index (χ2n) is 4.98. The van der Waals surface area contributed by atoms with Gasteiger partial charge in [0.2, 0.25) is 0 Å². The Bertz CT molecular complexity index is 578. The van der Waals surface area contributed by atoms with Gasteiger partial charge in [0.15, 0.2) is 0 Å². The van der Waals surface area contributed by atoms with E-state index in [1.807, 2.05) is 31.3 Å². The van der Waals surface area contributed by atoms with Crippen LogP contribution in [-0.4, -0.2) is 16.1 Å². The Morgan fingerprint density at radius 1 is 1.28 bits per heavy atom. The summed E-state index contributed by atoms with van der Waals surface area (Å²) in [5, 5.41) is 9.70. The molecule has 1 saturated carbocycles. The van der Waals surface area contributed by atoms with Crippen molar-refractivity contribution in [2.45, 2.75) is 25.3 Å². The van der Waals surface area contributed by atoms with Gasteiger partial charge in [0, 0.05) is 23.7 Å². The van der Waals surface area contributed by atoms with Crippen LogP contribution in [-0.2, 0) is 0 Å². The smallest absolute Gasteiger partial charge is 0.119 e. The number of hydrogen-bond donors (Lipinski definition) is 2. The van der Waals surface area contributed by atoms with Gasteiger partial charge in [-0.05, 0) is 36.6 Å². The highest BCUT2D eigenvalue weighted by Crippen LogP contribution is 2.39. The average Bonchev–Trinajstić information content (AvgIpc) is 3.10. The normalized spacial score (nSPS) is 21.9. The van der Waals surface area contributed by atoms with Crippen molar-refractivity contribution in [3.63, 3.8) is 0 Å². The number of hydrogen-bond acceptors (Lipinski definition) is 3. The van der Waals surface area contributed by atoms with Crippen molar-refractivity contribution in [3.8, 4) is 17.0 Å². The molecule has 0 amide bonds. The fourth-order valence-electron chi connectivity index (χ4n) is 2.16. The van der Waals surface area contributed by atoms with E-state index < -0.39 is 0 Å². The van der Waals surface area contributed by atoms with Crippen molar-refractivity contribution in [3.05, 3.63) is 47.7 Å². The third-order valence-corrected chi connectivity index (χ3v) is 3.56. The number of nitrogens with zero attached hydrogens (tertiary/aromatic N) is 1. The van der Waals surface area contributed by atoms with E-state index in [0.29, 0.717) is 17.7 Å². The summed E-state index contributed by atoms with van der Waals surface area (Å²) in [4.78, 5) is 4.45. The Hall–Kier alpha value is -1.87. The second kappa shape index (κ2) is 4.10. The van der Waals surface area contributed by atoms with E-state index in [2.05, 4.69) is 11.1 Å². The molecule has 0 bridgehead atoms. The van der Waals surface area contributed by atoms with Crippen LogP contribution in [0.4, 0.5) is 0 Å². The molecule has 1 aromatic heterocycles. The zero-order valence-electron chi connectivity index (χ0n) is 10.3. The molecule has 1 heterocycles. The quantitative estimate of drug-likeness (QED) is 0.848. The molecule has 3 nitrogen and oxygen atoms in total. The summed E-state index contributed by atoms with van der Waals surface area (Å²) < 4.78 is 0. The van der Waals surface area contributed by atoms with Gasteiger partial charge in [-0.15, -0.1) is 0 Å². The van der Waals surface area contributed by atoms with Crippen molar-refractivity contribution in [1.29, 1.82) is 0 Å². The highest BCUT2D eigenvalue weighted by Gasteiger charge is 2.34. The predicted molar refractivity (Wildman–Crippen MR) is 71.4 cm³/mol. The highest BCUT2D eigenvalue weighted by atomic mass is 16.3. The maximum Gasteiger partial charge on any atom is 0.119 e. The minimum Gasteiger partial charge on any atom is -0.508 e. The van der Waals surface area contributed by atoms with Gasteiger partial charge in [0.25, 0.3) is 0 Å². The molecular weight excluding hydrogens is 224 g/mol. The summed E-state index contributed by atoms with van der Waals surface area (Å²) in [6.07, 6.45) is 2.95. The Labute approximate surface area is 106 Å². The van der Waals surface area contributed by atoms with E-state index >= 15 is 0 Å². The molecule has 1 fully saturated rings. The van der Waals surface area contributed by atoms with Crippen molar-refractivity contribution in [1.82, 2.24) is 4.98 Å². The SMILES string of the molecule is Cc1ccc(-c2ccc(C3CC3N)cn2)cc1O. The summed E-state index contributed by atoms with van der Waals surface area (Å²) in [6.45, 7) is 1.88. The van der Waals surface area contributed by atoms with Gasteiger partial charge in [-0.25, -0.2) is 0 Å². The van der Waals surface area contributed by atoms with Crippen molar-refractivity contribution in [2.75, 3.05) is 0 Å². The zero-order chi connectivity index (χ0) is 12.7. The average molecular weight is 240 g/mol. The van der Waals surface area contributed by atoms with Crippen molar-refractivity contribution >= 4 is 0 Å². The number of aryl methyl sites for hydroxylation is 1. The lowest BCUT2D eigenvalue weighted by Gasteiger charge is -2.05. The first-order valence-corrected chi connectivity index (χ1v) is 6.16. The molecule has 3 heteroatoms. The molecular formula is C15H16N2O. The lowest BCUT2D eigenvalue weighted by atomic mass is 10.1. The largest absolute Gasteiger partial charge is 0.508 e. The summed E-state index contributed by atoms with van der Waals surface area (Å²) in [5.74, 6) is 0.792. The van der Waals surface area contributed by atoms with E-state index in [1.165, 1.54) is 5.56 Å². The molecule has 2 atom stereocenters. The first-order valence-electron chi connectivity index (χ1n) is 6.16. The number of phenols is 1. The molecule has 18 heavy (non-hydrogen) atoms. The lowest BCUT2D eigenvalue weighted by Crippen LogP contribution is -2.01. The summed E-state index contributed by atoms with van der Waals surface area (Å²) in [5.41, 5.74) is 9.72. The monoisotopic (exact) mass is 240 g/mol. The maximum atomic E-state index is 9.70. The molecule has 1 aliphatic carbocycles. The minimum absolute atomic E-state index is 0.307. The summed E-state index contributed by atoms with van der Waals surface area (Å²) in [6, 6.07) is 10.00. The fourth-order valence-corrected chi connectivity index (χ4v) is 2.16. The van der Waals surface area contributed by atoms with Crippen LogP contribution in [0.3, 0.4) is 0 Å². The number of pyridine rings is 1. The number of aromatic hydroxyl groups is 1. The van der Waals surface area contributed by atoms with Gasteiger partial charge in [-0.1, -0.05) is 18.2 Å². The molecule has 1 aliphatic rings. The van der Waals surface area contributed by atoms with Crippen LogP contribution in [0, 0.1) is 6.92 Å². The third-order valence-electron chi connectivity index (χ3n) is 3.56. The number of benzene rings is 1. The third kappa shape index (κ3) is 1.97. The Kier molecular flexibility index (Phi) is 2.56. The van der Waals surface area contributed by atoms with Crippen LogP contribution >= 0.6 is 0 Å². The standard InChI is InChI=1S/C15H16N2O/c1-9-2-3-10(6-15(9)18)14-5-4-11(8-17-14)12-7-13(12)16/h2-6,8,12-13,18H,7,16H2,1H3. The Balaban J connectivity index is 1.89. The Morgan fingerprint density at radius 3 is 2.61 bits per heavy atom. The van der Waals surface area contributed by atoms with Crippen LogP contribution in [0.15, 0.2) is 36.5 Å². The lowest BCUT2D eigenvalue weighted by molar-refractivity contribution is 0.471. The predicted octanol–water partition coefficient (Wildman–Crippen LogP) is 2.58. The van der Waals surface area contributed by atoms with Gasteiger partial charge in [-0.2, -0.15) is 0 Å². The molecule has 0 aliphatic heterocycles. The van der Waals surface area contributed by atoms with Gasteiger partial charge >= 0.3 is 0 Å². The Morgan fingerprint density at radius 2 is 2.06 bits per heavy atom. The molecule has 0 saturated heterocycles. The van der Waals surface area contributed by atoms with Crippen LogP contribution in [0.1, 0.15) is 23.5 Å². The van der Waals surface area contributed by atoms with E-state index in [-0.39, 0.29) is 0 Å². The van der Waals surface area contributed by atoms with Crippen LogP contribution in [0.2, 0.25) is 0 Å². The molecule has 92 valence electrons. The fraction of sp³-hybridized carbons (Fsp3) is 0.267. The maximum absolute atomic E-state index is 9.70. The molecule has 1 aromatic carbocycles. The first-order chi connectivity index (χ1) is 8.65. The molecule has 0 spiro atoms. The number of nitrogens with two attached hydrogens (primary N) is 1. The molecule has 0 radical (unpaired) electrons. The van der Waals surface area contributed by atoms with E-state index in [1.54, 1.807) is 6.07 Å². The topological polar surface area (TPSA) is 59.1 Å². The van der Waals surface area contributed by atoms with Gasteiger partial charge < -0.3 is 10.8 Å². The highest BCUT2D eigenvalue weighted by molar-refractivity contribution is 5.62. The van der Waals surface area contributed by atoms with E-state index in [9.17, 15) is 5.11 Å². The molecule has 2 unspecified atom stereocenters. The number of rotatable bonds is 2. The molecule has 3 rings (SSSR count). The van der Waals surface area contributed by atoms with Crippen molar-refractivity contribution < 1.29 is 5.11 Å². The zero-order valence-corrected chi connectivity index (χ0v) is 10.3. The number of aromatic nitrogens is 1. The first kappa shape index (κ1) is 11.2. The van der Waals surface area contributed by atoms with Crippen LogP contribution in [0.5, 0.6) is 5.75 Å². The minimum atomic E-state index is 0.307. The van der Waals surface area contributed by atoms with E-state index in [4.69, 9.17) is 5.73 Å². The molecule has 2 aromatic rings. The van der Waals surface area contributed by atoms with Gasteiger partial charge in [0.05, 0.1) is 5.69 Å². The van der Waals surface area contributed by atoms with Crippen LogP contribution in [0.25, 0.3) is 11.3 Å². The van der Waals surface area contributed by atoms with Gasteiger partial charge in [0.1, 0.15) is 5.75 Å². The van der Waals surface area contributed by atoms with Crippen molar-refractivity contribution in [2.24, 2.45) is 5.73 Å².